The van der Waals surface area contributed by atoms with Gasteiger partial charge in [-0.15, -0.1) is 0 Å². The van der Waals surface area contributed by atoms with Crippen molar-refractivity contribution in [3.8, 4) is 0 Å². The van der Waals surface area contributed by atoms with Gasteiger partial charge in [0.15, 0.2) is 0 Å². The van der Waals surface area contributed by atoms with Gasteiger partial charge in [-0.2, -0.15) is 0 Å². The van der Waals surface area contributed by atoms with Gasteiger partial charge >= 0.3 is 0 Å². The van der Waals surface area contributed by atoms with Gasteiger partial charge in [0.1, 0.15) is 0 Å². The highest BCUT2D eigenvalue weighted by Gasteiger charge is 2.21. The summed E-state index contributed by atoms with van der Waals surface area (Å²) in [6.07, 6.45) is 2.13. The van der Waals surface area contributed by atoms with Gasteiger partial charge in [-0.05, 0) is 42.4 Å². The molecule has 0 fully saturated rings. The smallest absolute Gasteiger partial charge is 0.0465 e. The molecule has 1 aliphatic rings. The summed E-state index contributed by atoms with van der Waals surface area (Å²) in [5.41, 5.74) is 4.29. The van der Waals surface area contributed by atoms with Crippen LogP contribution in [-0.2, 0) is 12.8 Å². The highest BCUT2D eigenvalue weighted by molar-refractivity contribution is 5.38. The molecule has 1 nitrogen and oxygen atoms in total. The molecule has 0 spiro atoms. The van der Waals surface area contributed by atoms with E-state index in [0.717, 1.165) is 12.8 Å². The third-order valence-electron chi connectivity index (χ3n) is 2.77. The Bertz CT molecular complexity index is 291. The van der Waals surface area contributed by atoms with Crippen molar-refractivity contribution in [1.29, 1.82) is 0 Å². The Morgan fingerprint density at radius 2 is 2.25 bits per heavy atom. The lowest BCUT2D eigenvalue weighted by Gasteiger charge is -2.02. The molecule has 2 rings (SSSR count). The monoisotopic (exact) mass is 162 g/mol. The number of aliphatic hydroxyl groups excluding tert-OH is 1. The van der Waals surface area contributed by atoms with Crippen LogP contribution < -0.4 is 0 Å². The minimum Gasteiger partial charge on any atom is -0.396 e. The Morgan fingerprint density at radius 1 is 1.42 bits per heavy atom. The number of rotatable bonds is 1. The molecular weight excluding hydrogens is 148 g/mol. The lowest BCUT2D eigenvalue weighted by Crippen LogP contribution is -2.04. The summed E-state index contributed by atoms with van der Waals surface area (Å²) >= 11 is 0. The molecule has 1 aliphatic carbocycles. The number of aryl methyl sites for hydroxylation is 1. The maximum absolute atomic E-state index is 9.03. The van der Waals surface area contributed by atoms with Crippen LogP contribution in [0.4, 0.5) is 0 Å². The number of hydrogen-bond donors (Lipinski definition) is 1. The zero-order valence-electron chi connectivity index (χ0n) is 7.38. The van der Waals surface area contributed by atoms with Crippen LogP contribution in [0.1, 0.15) is 16.7 Å². The van der Waals surface area contributed by atoms with E-state index in [-0.39, 0.29) is 0 Å². The van der Waals surface area contributed by atoms with Crippen LogP contribution in [0.2, 0.25) is 0 Å². The topological polar surface area (TPSA) is 20.2 Å². The van der Waals surface area contributed by atoms with E-state index >= 15 is 0 Å². The quantitative estimate of drug-likeness (QED) is 0.666. The average Bonchev–Trinajstić information content (AvgIpc) is 2.49. The molecule has 0 saturated carbocycles. The van der Waals surface area contributed by atoms with E-state index in [9.17, 15) is 0 Å². The second-order valence-electron chi connectivity index (χ2n) is 3.67. The van der Waals surface area contributed by atoms with Crippen LogP contribution in [0, 0.1) is 12.8 Å². The maximum atomic E-state index is 9.03. The summed E-state index contributed by atoms with van der Waals surface area (Å²) < 4.78 is 0. The minimum absolute atomic E-state index is 0.328. The maximum Gasteiger partial charge on any atom is 0.0465 e. The fourth-order valence-corrected chi connectivity index (χ4v) is 2.05. The standard InChI is InChI=1S/C11H14O/c1-8-3-2-4-10-5-9(7-12)6-11(8)10/h2-4,9,12H,5-7H2,1H3/t9-/m1/s1. The number of aliphatic hydroxyl groups is 1. The molecule has 1 aromatic rings. The third-order valence-corrected chi connectivity index (χ3v) is 2.77. The SMILES string of the molecule is Cc1cccc2c1C[C@H](CO)C2. The molecule has 0 radical (unpaired) electrons. The van der Waals surface area contributed by atoms with Gasteiger partial charge in [0.05, 0.1) is 0 Å². The zero-order chi connectivity index (χ0) is 8.55. The van der Waals surface area contributed by atoms with Gasteiger partial charge < -0.3 is 5.11 Å². The van der Waals surface area contributed by atoms with Crippen LogP contribution in [0.25, 0.3) is 0 Å². The van der Waals surface area contributed by atoms with E-state index < -0.39 is 0 Å². The Morgan fingerprint density at radius 3 is 2.92 bits per heavy atom. The highest BCUT2D eigenvalue weighted by atomic mass is 16.3. The van der Waals surface area contributed by atoms with Crippen molar-refractivity contribution in [1.82, 2.24) is 0 Å². The van der Waals surface area contributed by atoms with E-state index in [1.807, 2.05) is 0 Å². The van der Waals surface area contributed by atoms with Crippen molar-refractivity contribution in [2.45, 2.75) is 19.8 Å². The number of fused-ring (bicyclic) bond motifs is 1. The summed E-state index contributed by atoms with van der Waals surface area (Å²) in [6, 6.07) is 6.44. The minimum atomic E-state index is 0.328. The molecule has 0 heterocycles. The van der Waals surface area contributed by atoms with Crippen molar-refractivity contribution in [2.24, 2.45) is 5.92 Å². The molecule has 0 aromatic heterocycles. The van der Waals surface area contributed by atoms with Crippen LogP contribution in [0.5, 0.6) is 0 Å². The lowest BCUT2D eigenvalue weighted by molar-refractivity contribution is 0.232. The predicted molar refractivity (Wildman–Crippen MR) is 49.2 cm³/mol. The molecule has 1 aromatic carbocycles. The fraction of sp³-hybridized carbons (Fsp3) is 0.455. The largest absolute Gasteiger partial charge is 0.396 e. The average molecular weight is 162 g/mol. The molecule has 1 heteroatoms. The van der Waals surface area contributed by atoms with E-state index in [1.165, 1.54) is 16.7 Å². The Kier molecular flexibility index (Phi) is 1.89. The zero-order valence-corrected chi connectivity index (χ0v) is 7.38. The summed E-state index contributed by atoms with van der Waals surface area (Å²) in [4.78, 5) is 0. The van der Waals surface area contributed by atoms with E-state index in [4.69, 9.17) is 5.11 Å². The normalized spacial score (nSPS) is 21.0. The van der Waals surface area contributed by atoms with Gasteiger partial charge in [-0.25, -0.2) is 0 Å². The molecular formula is C11H14O. The Balaban J connectivity index is 2.35. The van der Waals surface area contributed by atoms with Gasteiger partial charge in [0.25, 0.3) is 0 Å². The van der Waals surface area contributed by atoms with Crippen LogP contribution >= 0.6 is 0 Å². The van der Waals surface area contributed by atoms with Crippen LogP contribution in [0.15, 0.2) is 18.2 Å². The van der Waals surface area contributed by atoms with Crippen molar-refractivity contribution in [3.05, 3.63) is 34.9 Å². The van der Waals surface area contributed by atoms with E-state index in [1.54, 1.807) is 0 Å². The summed E-state index contributed by atoms with van der Waals surface area (Å²) in [5.74, 6) is 0.473. The predicted octanol–water partition coefficient (Wildman–Crippen LogP) is 1.70. The molecule has 1 atom stereocenters. The molecule has 64 valence electrons. The molecule has 12 heavy (non-hydrogen) atoms. The van der Waals surface area contributed by atoms with Crippen molar-refractivity contribution in [3.63, 3.8) is 0 Å². The van der Waals surface area contributed by atoms with Crippen molar-refractivity contribution < 1.29 is 5.11 Å². The fourth-order valence-electron chi connectivity index (χ4n) is 2.05. The van der Waals surface area contributed by atoms with E-state index in [2.05, 4.69) is 25.1 Å². The van der Waals surface area contributed by atoms with Gasteiger partial charge in [-0.1, -0.05) is 18.2 Å². The molecule has 0 unspecified atom stereocenters. The third kappa shape index (κ3) is 1.14. The first-order chi connectivity index (χ1) is 5.81. The summed E-state index contributed by atoms with van der Waals surface area (Å²) in [7, 11) is 0. The molecule has 0 bridgehead atoms. The van der Waals surface area contributed by atoms with E-state index in [0.29, 0.717) is 12.5 Å². The number of hydrogen-bond acceptors (Lipinski definition) is 1. The highest BCUT2D eigenvalue weighted by Crippen LogP contribution is 2.28. The van der Waals surface area contributed by atoms with Gasteiger partial charge in [-0.3, -0.25) is 0 Å². The van der Waals surface area contributed by atoms with Gasteiger partial charge in [0.2, 0.25) is 0 Å². The molecule has 1 N–H and O–H groups in total. The first-order valence-electron chi connectivity index (χ1n) is 4.49. The van der Waals surface area contributed by atoms with Gasteiger partial charge in [0, 0.05) is 6.61 Å². The first kappa shape index (κ1) is 7.81. The number of benzene rings is 1. The Labute approximate surface area is 73.0 Å². The van der Waals surface area contributed by atoms with Crippen molar-refractivity contribution in [2.75, 3.05) is 6.61 Å². The molecule has 0 amide bonds. The Hall–Kier alpha value is -0.820. The molecule has 0 saturated heterocycles. The summed E-state index contributed by atoms with van der Waals surface area (Å²) in [5, 5.41) is 9.03. The molecule has 0 aliphatic heterocycles. The lowest BCUT2D eigenvalue weighted by atomic mass is 10.0. The van der Waals surface area contributed by atoms with Crippen molar-refractivity contribution >= 4 is 0 Å². The first-order valence-corrected chi connectivity index (χ1v) is 4.49. The summed E-state index contributed by atoms with van der Waals surface area (Å²) in [6.45, 7) is 2.48. The van der Waals surface area contributed by atoms with Crippen LogP contribution in [-0.4, -0.2) is 11.7 Å². The second kappa shape index (κ2) is 2.91. The van der Waals surface area contributed by atoms with Crippen LogP contribution in [0.3, 0.4) is 0 Å². The second-order valence-corrected chi connectivity index (χ2v) is 3.67.